The van der Waals surface area contributed by atoms with E-state index in [1.807, 2.05) is 56.3 Å². The normalized spacial score (nSPS) is 14.6. The van der Waals surface area contributed by atoms with E-state index in [2.05, 4.69) is 27.1 Å². The van der Waals surface area contributed by atoms with E-state index in [4.69, 9.17) is 14.6 Å². The number of carbonyl (C=O) groups excluding carboxylic acids is 1. The molecule has 36 heavy (non-hydrogen) atoms. The summed E-state index contributed by atoms with van der Waals surface area (Å²) in [6.45, 7) is 8.00. The second kappa shape index (κ2) is 9.61. The molecule has 1 N–H and O–H groups in total. The van der Waals surface area contributed by atoms with Gasteiger partial charge in [-0.25, -0.2) is 4.98 Å². The van der Waals surface area contributed by atoms with Gasteiger partial charge in [-0.2, -0.15) is 14.9 Å². The van der Waals surface area contributed by atoms with Crippen LogP contribution in [-0.2, 0) is 4.79 Å². The van der Waals surface area contributed by atoms with E-state index in [-0.39, 0.29) is 24.2 Å². The largest absolute Gasteiger partial charge is 0.493 e. The number of aromatic nitrogens is 5. The van der Waals surface area contributed by atoms with E-state index in [0.717, 1.165) is 27.9 Å². The third kappa shape index (κ3) is 4.31. The molecule has 5 rings (SSSR count). The third-order valence-electron chi connectivity index (χ3n) is 6.13. The Bertz CT molecular complexity index is 1440. The Balaban J connectivity index is 1.56. The van der Waals surface area contributed by atoms with Gasteiger partial charge >= 0.3 is 0 Å². The van der Waals surface area contributed by atoms with Crippen LogP contribution in [0.3, 0.4) is 0 Å². The molecule has 0 saturated carbocycles. The maximum Gasteiger partial charge on any atom is 0.272 e. The molecule has 1 atom stereocenters. The molecule has 9 heteroatoms. The quantitative estimate of drug-likeness (QED) is 0.390. The van der Waals surface area contributed by atoms with Gasteiger partial charge in [-0.15, -0.1) is 5.10 Å². The zero-order chi connectivity index (χ0) is 25.2. The van der Waals surface area contributed by atoms with Crippen LogP contribution in [0, 0.1) is 13.8 Å². The van der Waals surface area contributed by atoms with Crippen molar-refractivity contribution in [3.63, 3.8) is 0 Å². The molecule has 0 aliphatic carbocycles. The molecule has 1 unspecified atom stereocenters. The summed E-state index contributed by atoms with van der Waals surface area (Å²) in [5, 5.41) is 16.0. The average molecular weight is 483 g/mol. The molecule has 2 aromatic carbocycles. The van der Waals surface area contributed by atoms with Crippen LogP contribution in [0.15, 0.2) is 61.3 Å². The van der Waals surface area contributed by atoms with Gasteiger partial charge in [0.1, 0.15) is 12.4 Å². The van der Waals surface area contributed by atoms with Gasteiger partial charge in [-0.1, -0.05) is 48.6 Å². The lowest BCUT2D eigenvalue weighted by Gasteiger charge is -2.25. The van der Waals surface area contributed by atoms with E-state index in [1.54, 1.807) is 24.1 Å². The Hall–Kier alpha value is -4.53. The van der Waals surface area contributed by atoms with Crippen molar-refractivity contribution in [2.24, 2.45) is 0 Å². The summed E-state index contributed by atoms with van der Waals surface area (Å²) < 4.78 is 12.8. The van der Waals surface area contributed by atoms with Crippen molar-refractivity contribution in [1.82, 2.24) is 25.0 Å². The molecule has 1 aliphatic rings. The Labute approximate surface area is 208 Å². The number of hydrogen-bond donors (Lipinski definition) is 1. The van der Waals surface area contributed by atoms with Crippen LogP contribution >= 0.6 is 0 Å². The summed E-state index contributed by atoms with van der Waals surface area (Å²) in [5.41, 5.74) is 5.33. The molecule has 0 fully saturated rings. The summed E-state index contributed by atoms with van der Waals surface area (Å²) in [7, 11) is 1.59. The smallest absolute Gasteiger partial charge is 0.272 e. The highest BCUT2D eigenvalue weighted by atomic mass is 16.5. The van der Waals surface area contributed by atoms with Gasteiger partial charge in [0.05, 0.1) is 24.7 Å². The first-order chi connectivity index (χ1) is 17.5. The molecule has 2 aromatic heterocycles. The number of ether oxygens (including phenoxy) is 2. The van der Waals surface area contributed by atoms with Crippen LogP contribution in [-0.4, -0.2) is 44.6 Å². The second-order valence-corrected chi connectivity index (χ2v) is 8.58. The molecular weight excluding hydrogens is 456 g/mol. The highest BCUT2D eigenvalue weighted by Gasteiger charge is 2.33. The SMILES string of the molecule is C=CCOc1ccc(C2CC(=O)Nc3c2c(C)nn3-c2nncc(-c3ccc(C)cc3)n2)cc1OC. The number of amides is 1. The van der Waals surface area contributed by atoms with Crippen molar-refractivity contribution in [2.75, 3.05) is 19.0 Å². The molecule has 9 nitrogen and oxygen atoms in total. The number of nitrogens with zero attached hydrogens (tertiary/aromatic N) is 5. The minimum atomic E-state index is -0.224. The number of hydrogen-bond acceptors (Lipinski definition) is 7. The van der Waals surface area contributed by atoms with Gasteiger partial charge in [0.25, 0.3) is 5.95 Å². The molecule has 1 amide bonds. The highest BCUT2D eigenvalue weighted by molar-refractivity contribution is 5.95. The van der Waals surface area contributed by atoms with Gasteiger partial charge in [0.2, 0.25) is 5.91 Å². The molecular formula is C27H26N6O3. The Morgan fingerprint density at radius 2 is 1.97 bits per heavy atom. The summed E-state index contributed by atoms with van der Waals surface area (Å²) >= 11 is 0. The number of nitrogens with one attached hydrogen (secondary N) is 1. The van der Waals surface area contributed by atoms with Crippen LogP contribution in [0.4, 0.5) is 5.82 Å². The standard InChI is InChI=1S/C27H26N6O3/c1-5-12-36-22-11-10-19(13-23(22)35-4)20-14-24(34)30-26-25(20)17(3)32-33(26)27-29-21(15-28-31-27)18-8-6-16(2)7-9-18/h5-11,13,15,20H,1,12,14H2,2-4H3,(H,30,34). The molecule has 3 heterocycles. The number of fused-ring (bicyclic) bond motifs is 1. The number of carbonyl (C=O) groups is 1. The Kier molecular flexibility index (Phi) is 6.20. The number of anilines is 1. The minimum Gasteiger partial charge on any atom is -0.493 e. The first-order valence-corrected chi connectivity index (χ1v) is 11.6. The van der Waals surface area contributed by atoms with E-state index >= 15 is 0 Å². The Morgan fingerprint density at radius 1 is 1.17 bits per heavy atom. The lowest BCUT2D eigenvalue weighted by Crippen LogP contribution is -2.25. The van der Waals surface area contributed by atoms with E-state index in [9.17, 15) is 4.79 Å². The van der Waals surface area contributed by atoms with Crippen LogP contribution in [0.25, 0.3) is 17.2 Å². The Morgan fingerprint density at radius 3 is 2.72 bits per heavy atom. The maximum atomic E-state index is 12.8. The van der Waals surface area contributed by atoms with Gasteiger partial charge in [0.15, 0.2) is 11.5 Å². The summed E-state index contributed by atoms with van der Waals surface area (Å²) in [4.78, 5) is 17.5. The second-order valence-electron chi connectivity index (χ2n) is 8.58. The fourth-order valence-corrected chi connectivity index (χ4v) is 4.39. The summed E-state index contributed by atoms with van der Waals surface area (Å²) in [6.07, 6.45) is 3.56. The lowest BCUT2D eigenvalue weighted by molar-refractivity contribution is -0.116. The van der Waals surface area contributed by atoms with Crippen molar-refractivity contribution in [3.8, 4) is 28.7 Å². The maximum absolute atomic E-state index is 12.8. The fraction of sp³-hybridized carbons (Fsp3) is 0.222. The number of methoxy groups -OCH3 is 1. The van der Waals surface area contributed by atoms with Crippen molar-refractivity contribution in [2.45, 2.75) is 26.2 Å². The van der Waals surface area contributed by atoms with Crippen molar-refractivity contribution in [3.05, 3.63) is 83.7 Å². The molecule has 0 bridgehead atoms. The fourth-order valence-electron chi connectivity index (χ4n) is 4.39. The van der Waals surface area contributed by atoms with Crippen LogP contribution in [0.5, 0.6) is 11.5 Å². The highest BCUT2D eigenvalue weighted by Crippen LogP contribution is 2.42. The zero-order valence-corrected chi connectivity index (χ0v) is 20.4. The first-order valence-electron chi connectivity index (χ1n) is 11.6. The first kappa shape index (κ1) is 23.2. The summed E-state index contributed by atoms with van der Waals surface area (Å²) in [5.74, 6) is 1.68. The van der Waals surface area contributed by atoms with Gasteiger partial charge in [0, 0.05) is 23.5 Å². The van der Waals surface area contributed by atoms with Crippen LogP contribution in [0.2, 0.25) is 0 Å². The number of aryl methyl sites for hydroxylation is 2. The lowest BCUT2D eigenvalue weighted by atomic mass is 9.85. The number of benzene rings is 2. The molecule has 0 spiro atoms. The molecule has 0 radical (unpaired) electrons. The van der Waals surface area contributed by atoms with E-state index < -0.39 is 0 Å². The predicted octanol–water partition coefficient (Wildman–Crippen LogP) is 4.39. The topological polar surface area (TPSA) is 104 Å². The van der Waals surface area contributed by atoms with E-state index in [1.165, 1.54) is 0 Å². The third-order valence-corrected chi connectivity index (χ3v) is 6.13. The number of rotatable bonds is 7. The van der Waals surface area contributed by atoms with Crippen molar-refractivity contribution >= 4 is 11.7 Å². The summed E-state index contributed by atoms with van der Waals surface area (Å²) in [6, 6.07) is 13.7. The molecule has 1 aliphatic heterocycles. The molecule has 4 aromatic rings. The van der Waals surface area contributed by atoms with Gasteiger partial charge in [-0.3, -0.25) is 4.79 Å². The predicted molar refractivity (Wildman–Crippen MR) is 136 cm³/mol. The average Bonchev–Trinajstić information content (AvgIpc) is 3.23. The van der Waals surface area contributed by atoms with Crippen molar-refractivity contribution in [1.29, 1.82) is 0 Å². The monoisotopic (exact) mass is 482 g/mol. The van der Waals surface area contributed by atoms with Crippen LogP contribution < -0.4 is 14.8 Å². The van der Waals surface area contributed by atoms with Crippen LogP contribution in [0.1, 0.15) is 34.7 Å². The molecule has 0 saturated heterocycles. The van der Waals surface area contributed by atoms with Gasteiger partial charge < -0.3 is 14.8 Å². The van der Waals surface area contributed by atoms with Crippen molar-refractivity contribution < 1.29 is 14.3 Å². The van der Waals surface area contributed by atoms with E-state index in [0.29, 0.717) is 29.6 Å². The zero-order valence-electron chi connectivity index (χ0n) is 20.4. The minimum absolute atomic E-state index is 0.123. The van der Waals surface area contributed by atoms with Gasteiger partial charge in [-0.05, 0) is 31.5 Å². The molecule has 182 valence electrons.